The second-order valence-electron chi connectivity index (χ2n) is 5.36. The number of esters is 1. The Morgan fingerprint density at radius 2 is 1.96 bits per heavy atom. The van der Waals surface area contributed by atoms with E-state index >= 15 is 0 Å². The van der Waals surface area contributed by atoms with E-state index in [1.165, 1.54) is 6.26 Å². The highest BCUT2D eigenvalue weighted by Crippen LogP contribution is 2.18. The molecule has 0 unspecified atom stereocenters. The summed E-state index contributed by atoms with van der Waals surface area (Å²) >= 11 is 0. The van der Waals surface area contributed by atoms with Crippen LogP contribution in [-0.2, 0) is 22.6 Å². The molecule has 0 saturated heterocycles. The van der Waals surface area contributed by atoms with E-state index in [1.807, 2.05) is 0 Å². The highest BCUT2D eigenvalue weighted by Gasteiger charge is 2.15. The fraction of sp³-hybridized carbons (Fsp3) is 0.118. The first-order valence-electron chi connectivity index (χ1n) is 7.69. The number of furan rings is 1. The maximum absolute atomic E-state index is 12.1. The van der Waals surface area contributed by atoms with Crippen molar-refractivity contribution >= 4 is 16.7 Å². The summed E-state index contributed by atoms with van der Waals surface area (Å²) in [5.74, 6) is 0.241. The number of fused-ring (bicyclic) bond motifs is 1. The lowest BCUT2D eigenvalue weighted by Crippen LogP contribution is -2.15. The summed E-state index contributed by atoms with van der Waals surface area (Å²) in [6, 6.07) is 10.3. The van der Waals surface area contributed by atoms with Crippen molar-refractivity contribution in [2.24, 2.45) is 0 Å². The molecule has 1 aromatic carbocycles. The van der Waals surface area contributed by atoms with E-state index in [2.05, 4.69) is 20.4 Å². The van der Waals surface area contributed by atoms with Crippen LogP contribution in [0.2, 0.25) is 0 Å². The third kappa shape index (κ3) is 3.09. The van der Waals surface area contributed by atoms with Crippen LogP contribution >= 0.6 is 0 Å². The molecule has 1 N–H and O–H groups in total. The van der Waals surface area contributed by atoms with E-state index in [0.29, 0.717) is 22.2 Å². The van der Waals surface area contributed by atoms with Crippen LogP contribution in [-0.4, -0.2) is 26.4 Å². The van der Waals surface area contributed by atoms with Crippen molar-refractivity contribution in [1.29, 1.82) is 0 Å². The van der Waals surface area contributed by atoms with Crippen LogP contribution in [0, 0.1) is 0 Å². The third-order valence-electron chi connectivity index (χ3n) is 3.64. The number of H-pyrrole nitrogens is 1. The molecule has 3 aromatic heterocycles. The van der Waals surface area contributed by atoms with E-state index in [-0.39, 0.29) is 30.4 Å². The lowest BCUT2D eigenvalue weighted by atomic mass is 10.1. The Kier molecular flexibility index (Phi) is 4.02. The predicted molar refractivity (Wildman–Crippen MR) is 87.9 cm³/mol. The average molecular weight is 352 g/mol. The second-order valence-corrected chi connectivity index (χ2v) is 5.36. The minimum Gasteiger partial charge on any atom is -0.459 e. The van der Waals surface area contributed by atoms with Gasteiger partial charge < -0.3 is 13.6 Å². The molecule has 9 heteroatoms. The number of carbonyl (C=O) groups excluding carboxylic acids is 1. The Hall–Kier alpha value is -3.75. The molecule has 0 aliphatic heterocycles. The number of carbonyl (C=O) groups is 1. The largest absolute Gasteiger partial charge is 0.459 e. The van der Waals surface area contributed by atoms with Gasteiger partial charge in [-0.25, -0.2) is 5.10 Å². The van der Waals surface area contributed by atoms with Crippen molar-refractivity contribution in [1.82, 2.24) is 20.4 Å². The summed E-state index contributed by atoms with van der Waals surface area (Å²) < 4.78 is 15.6. The quantitative estimate of drug-likeness (QED) is 0.540. The number of benzene rings is 1. The topological polar surface area (TPSA) is 124 Å². The zero-order valence-corrected chi connectivity index (χ0v) is 13.3. The van der Waals surface area contributed by atoms with E-state index in [0.717, 1.165) is 0 Å². The van der Waals surface area contributed by atoms with Gasteiger partial charge in [0.15, 0.2) is 12.4 Å². The summed E-state index contributed by atoms with van der Waals surface area (Å²) in [7, 11) is 0. The van der Waals surface area contributed by atoms with E-state index in [1.54, 1.807) is 36.4 Å². The summed E-state index contributed by atoms with van der Waals surface area (Å²) in [5, 5.41) is 15.0. The molecule has 4 rings (SSSR count). The van der Waals surface area contributed by atoms with Gasteiger partial charge >= 0.3 is 5.97 Å². The van der Waals surface area contributed by atoms with E-state index in [9.17, 15) is 9.59 Å². The molecule has 4 aromatic rings. The van der Waals surface area contributed by atoms with Crippen LogP contribution in [0.4, 0.5) is 0 Å². The number of ether oxygens (including phenoxy) is 1. The van der Waals surface area contributed by atoms with Gasteiger partial charge in [0.25, 0.3) is 17.3 Å². The summed E-state index contributed by atoms with van der Waals surface area (Å²) in [5.41, 5.74) is 0.112. The standard InChI is InChI=1S/C17H12N4O5/c22-15(8-12-10-4-1-2-5-11(10)16(23)20-18-12)25-9-14-19-21-17(26-14)13-6-3-7-24-13/h1-7H,8-9H2,(H,20,23). The highest BCUT2D eigenvalue weighted by atomic mass is 16.5. The smallest absolute Gasteiger partial charge is 0.312 e. The maximum atomic E-state index is 12.1. The zero-order valence-electron chi connectivity index (χ0n) is 13.3. The van der Waals surface area contributed by atoms with Crippen molar-refractivity contribution in [2.75, 3.05) is 0 Å². The van der Waals surface area contributed by atoms with Gasteiger partial charge in [-0.3, -0.25) is 9.59 Å². The first kappa shape index (κ1) is 15.8. The molecule has 0 atom stereocenters. The Balaban J connectivity index is 1.44. The second kappa shape index (κ2) is 6.63. The first-order valence-corrected chi connectivity index (χ1v) is 7.69. The number of hydrogen-bond donors (Lipinski definition) is 1. The van der Waals surface area contributed by atoms with Gasteiger partial charge in [-0.1, -0.05) is 18.2 Å². The minimum atomic E-state index is -0.535. The molecule has 0 aliphatic carbocycles. The van der Waals surface area contributed by atoms with Crippen molar-refractivity contribution in [2.45, 2.75) is 13.0 Å². The minimum absolute atomic E-state index is 0.101. The number of nitrogens with one attached hydrogen (secondary N) is 1. The van der Waals surface area contributed by atoms with Crippen LogP contribution < -0.4 is 5.56 Å². The molecular formula is C17H12N4O5. The van der Waals surface area contributed by atoms with Crippen LogP contribution in [0.1, 0.15) is 11.6 Å². The lowest BCUT2D eigenvalue weighted by molar-refractivity contribution is -0.144. The highest BCUT2D eigenvalue weighted by molar-refractivity contribution is 5.86. The average Bonchev–Trinajstić information content (AvgIpc) is 3.34. The van der Waals surface area contributed by atoms with Crippen LogP contribution in [0.15, 0.2) is 56.3 Å². The molecule has 3 heterocycles. The third-order valence-corrected chi connectivity index (χ3v) is 3.64. The molecule has 130 valence electrons. The van der Waals surface area contributed by atoms with Gasteiger partial charge in [0.05, 0.1) is 23.8 Å². The molecule has 26 heavy (non-hydrogen) atoms. The van der Waals surface area contributed by atoms with Gasteiger partial charge in [0.2, 0.25) is 0 Å². The predicted octanol–water partition coefficient (Wildman–Crippen LogP) is 1.85. The summed E-state index contributed by atoms with van der Waals surface area (Å²) in [6.45, 7) is -0.173. The molecule has 0 amide bonds. The van der Waals surface area contributed by atoms with Gasteiger partial charge in [-0.05, 0) is 18.2 Å². The summed E-state index contributed by atoms with van der Waals surface area (Å²) in [6.07, 6.45) is 1.39. The van der Waals surface area contributed by atoms with Crippen molar-refractivity contribution < 1.29 is 18.4 Å². The molecule has 0 spiro atoms. The van der Waals surface area contributed by atoms with Crippen molar-refractivity contribution in [3.63, 3.8) is 0 Å². The maximum Gasteiger partial charge on any atom is 0.312 e. The molecule has 0 bridgehead atoms. The first-order chi connectivity index (χ1) is 12.7. The fourth-order valence-electron chi connectivity index (χ4n) is 2.45. The number of aromatic nitrogens is 4. The fourth-order valence-corrected chi connectivity index (χ4v) is 2.45. The molecular weight excluding hydrogens is 340 g/mol. The van der Waals surface area contributed by atoms with Gasteiger partial charge in [0.1, 0.15) is 0 Å². The van der Waals surface area contributed by atoms with Crippen LogP contribution in [0.5, 0.6) is 0 Å². The molecule has 0 fully saturated rings. The normalized spacial score (nSPS) is 10.9. The monoisotopic (exact) mass is 352 g/mol. The lowest BCUT2D eigenvalue weighted by Gasteiger charge is -2.04. The van der Waals surface area contributed by atoms with Gasteiger partial charge in [-0.15, -0.1) is 10.2 Å². The van der Waals surface area contributed by atoms with Crippen molar-refractivity contribution in [3.8, 4) is 11.7 Å². The summed E-state index contributed by atoms with van der Waals surface area (Å²) in [4.78, 5) is 23.8. The van der Waals surface area contributed by atoms with Crippen LogP contribution in [0.3, 0.4) is 0 Å². The Bertz CT molecular complexity index is 1110. The van der Waals surface area contributed by atoms with Gasteiger partial charge in [0, 0.05) is 5.39 Å². The molecule has 0 saturated carbocycles. The Morgan fingerprint density at radius 1 is 1.12 bits per heavy atom. The number of hydrogen-bond acceptors (Lipinski definition) is 8. The van der Waals surface area contributed by atoms with Crippen molar-refractivity contribution in [3.05, 3.63) is 64.6 Å². The Labute approximate surface area is 145 Å². The SMILES string of the molecule is O=C(Cc1n[nH]c(=O)c2ccccc12)OCc1nnc(-c2ccco2)o1. The zero-order chi connectivity index (χ0) is 17.9. The molecule has 0 radical (unpaired) electrons. The van der Waals surface area contributed by atoms with Crippen LogP contribution in [0.25, 0.3) is 22.4 Å². The number of aromatic amines is 1. The number of rotatable bonds is 5. The molecule has 0 aliphatic rings. The van der Waals surface area contributed by atoms with E-state index < -0.39 is 5.97 Å². The van der Waals surface area contributed by atoms with E-state index in [4.69, 9.17) is 13.6 Å². The Morgan fingerprint density at radius 3 is 2.77 bits per heavy atom. The molecule has 9 nitrogen and oxygen atoms in total. The van der Waals surface area contributed by atoms with Gasteiger partial charge in [-0.2, -0.15) is 5.10 Å². The number of nitrogens with zero attached hydrogens (tertiary/aromatic N) is 3.